The fourth-order valence-corrected chi connectivity index (χ4v) is 2.59. The number of benzene rings is 1. The fraction of sp³-hybridized carbons (Fsp3) is 0.714. The zero-order valence-corrected chi connectivity index (χ0v) is 16.4. The van der Waals surface area contributed by atoms with Crippen LogP contribution >= 0.6 is 0 Å². The van der Waals surface area contributed by atoms with E-state index in [0.29, 0.717) is 0 Å². The van der Waals surface area contributed by atoms with Crippen LogP contribution in [0.15, 0.2) is 24.3 Å². The van der Waals surface area contributed by atoms with Gasteiger partial charge in [0.15, 0.2) is 0 Å². The molecule has 24 heavy (non-hydrogen) atoms. The van der Waals surface area contributed by atoms with Gasteiger partial charge < -0.3 is 0 Å². The van der Waals surface area contributed by atoms with E-state index in [1.807, 2.05) is 34.6 Å². The molecule has 2 rings (SSSR count). The van der Waals surface area contributed by atoms with Crippen molar-refractivity contribution in [2.45, 2.75) is 85.7 Å². The molecule has 0 aliphatic heterocycles. The molecule has 0 aromatic heterocycles. The molecular weight excluding hydrogens is 309 g/mol. The van der Waals surface area contributed by atoms with E-state index in [1.165, 1.54) is 37.8 Å². The standard InChI is InChI=1S/C11H13F3.C8H16.C2H6/c1-10(2,3)8-4-6-9(7-5-8)11(12,13)14;1-7-3-5-8(2)6-4-7;1-2/h4-7H,1-3H3;7-8H,3-6H2,1-2H3;1-2H3. The van der Waals surface area contributed by atoms with Gasteiger partial charge in [-0.25, -0.2) is 0 Å². The Bertz CT molecular complexity index is 387. The van der Waals surface area contributed by atoms with E-state index in [4.69, 9.17) is 0 Å². The topological polar surface area (TPSA) is 0 Å². The average Bonchev–Trinajstić information content (AvgIpc) is 2.51. The molecule has 0 radical (unpaired) electrons. The molecule has 0 amide bonds. The van der Waals surface area contributed by atoms with Gasteiger partial charge in [-0.3, -0.25) is 0 Å². The quantitative estimate of drug-likeness (QED) is 0.449. The Morgan fingerprint density at radius 3 is 1.25 bits per heavy atom. The van der Waals surface area contributed by atoms with Gasteiger partial charge in [0.05, 0.1) is 5.56 Å². The van der Waals surface area contributed by atoms with E-state index >= 15 is 0 Å². The maximum absolute atomic E-state index is 12.2. The van der Waals surface area contributed by atoms with Crippen LogP contribution in [0.25, 0.3) is 0 Å². The summed E-state index contributed by atoms with van der Waals surface area (Å²) in [4.78, 5) is 0. The van der Waals surface area contributed by atoms with Crippen molar-refractivity contribution < 1.29 is 13.2 Å². The third-order valence-corrected chi connectivity index (χ3v) is 4.38. The van der Waals surface area contributed by atoms with Gasteiger partial charge >= 0.3 is 6.18 Å². The Kier molecular flexibility index (Phi) is 9.69. The van der Waals surface area contributed by atoms with Crippen LogP contribution in [0.3, 0.4) is 0 Å². The first-order chi connectivity index (χ1) is 11.0. The first kappa shape index (κ1) is 23.0. The molecular formula is C21H35F3. The van der Waals surface area contributed by atoms with Gasteiger partial charge in [-0.2, -0.15) is 13.2 Å². The summed E-state index contributed by atoms with van der Waals surface area (Å²) >= 11 is 0. The lowest BCUT2D eigenvalue weighted by Gasteiger charge is -2.22. The second-order valence-corrected chi connectivity index (χ2v) is 7.69. The van der Waals surface area contributed by atoms with E-state index in [9.17, 15) is 13.2 Å². The van der Waals surface area contributed by atoms with E-state index in [0.717, 1.165) is 29.5 Å². The average molecular weight is 345 g/mol. The first-order valence-corrected chi connectivity index (χ1v) is 9.18. The minimum atomic E-state index is -4.24. The van der Waals surface area contributed by atoms with Crippen LogP contribution in [-0.4, -0.2) is 0 Å². The molecule has 1 aromatic carbocycles. The van der Waals surface area contributed by atoms with Crippen LogP contribution in [0.4, 0.5) is 13.2 Å². The molecule has 0 saturated heterocycles. The lowest BCUT2D eigenvalue weighted by molar-refractivity contribution is -0.137. The van der Waals surface area contributed by atoms with Gasteiger partial charge in [-0.05, 0) is 34.9 Å². The molecule has 0 atom stereocenters. The summed E-state index contributed by atoms with van der Waals surface area (Å²) in [6.07, 6.45) is 1.65. The normalized spacial score (nSPS) is 21.1. The molecule has 0 unspecified atom stereocenters. The Morgan fingerprint density at radius 1 is 0.708 bits per heavy atom. The van der Waals surface area contributed by atoms with Crippen LogP contribution in [0, 0.1) is 11.8 Å². The first-order valence-electron chi connectivity index (χ1n) is 9.18. The van der Waals surface area contributed by atoms with Crippen molar-refractivity contribution in [1.29, 1.82) is 0 Å². The molecule has 1 aliphatic carbocycles. The van der Waals surface area contributed by atoms with Crippen molar-refractivity contribution in [3.63, 3.8) is 0 Å². The number of hydrogen-bond acceptors (Lipinski definition) is 0. The zero-order chi connectivity index (χ0) is 19.0. The molecule has 1 aliphatic rings. The predicted octanol–water partition coefficient (Wildman–Crippen LogP) is 7.86. The number of alkyl halides is 3. The second kappa shape index (κ2) is 10.1. The SMILES string of the molecule is CC.CC(C)(C)c1ccc(C(F)(F)F)cc1.CC1CCC(C)CC1. The summed E-state index contributed by atoms with van der Waals surface area (Å²) < 4.78 is 36.6. The van der Waals surface area contributed by atoms with Crippen molar-refractivity contribution in [1.82, 2.24) is 0 Å². The van der Waals surface area contributed by atoms with Crippen molar-refractivity contribution in [3.8, 4) is 0 Å². The van der Waals surface area contributed by atoms with E-state index < -0.39 is 11.7 Å². The molecule has 0 heterocycles. The van der Waals surface area contributed by atoms with Crippen LogP contribution in [0.1, 0.15) is 85.3 Å². The third kappa shape index (κ3) is 8.75. The summed E-state index contributed by atoms with van der Waals surface area (Å²) in [7, 11) is 0. The summed E-state index contributed by atoms with van der Waals surface area (Å²) in [5, 5.41) is 0. The highest BCUT2D eigenvalue weighted by molar-refractivity contribution is 5.28. The fourth-order valence-electron chi connectivity index (χ4n) is 2.59. The van der Waals surface area contributed by atoms with Crippen LogP contribution in [-0.2, 0) is 11.6 Å². The predicted molar refractivity (Wildman–Crippen MR) is 98.3 cm³/mol. The van der Waals surface area contributed by atoms with Gasteiger partial charge in [0.1, 0.15) is 0 Å². The molecule has 1 fully saturated rings. The van der Waals surface area contributed by atoms with E-state index in [1.54, 1.807) is 0 Å². The van der Waals surface area contributed by atoms with Gasteiger partial charge in [-0.15, -0.1) is 0 Å². The van der Waals surface area contributed by atoms with E-state index in [-0.39, 0.29) is 5.41 Å². The van der Waals surface area contributed by atoms with Gasteiger partial charge in [-0.1, -0.05) is 86.3 Å². The Morgan fingerprint density at radius 2 is 1.00 bits per heavy atom. The minimum absolute atomic E-state index is 0.107. The number of halogens is 3. The van der Waals surface area contributed by atoms with Crippen molar-refractivity contribution in [2.75, 3.05) is 0 Å². The smallest absolute Gasteiger partial charge is 0.166 e. The van der Waals surface area contributed by atoms with Gasteiger partial charge in [0, 0.05) is 0 Å². The Labute approximate surface area is 146 Å². The van der Waals surface area contributed by atoms with Crippen molar-refractivity contribution in [2.24, 2.45) is 11.8 Å². The van der Waals surface area contributed by atoms with E-state index in [2.05, 4.69) is 13.8 Å². The molecule has 140 valence electrons. The number of rotatable bonds is 0. The maximum atomic E-state index is 12.2. The summed E-state index contributed by atoms with van der Waals surface area (Å²) in [6, 6.07) is 5.31. The molecule has 0 N–H and O–H groups in total. The molecule has 0 nitrogen and oxygen atoms in total. The monoisotopic (exact) mass is 344 g/mol. The highest BCUT2D eigenvalue weighted by atomic mass is 19.4. The highest BCUT2D eigenvalue weighted by Crippen LogP contribution is 2.31. The van der Waals surface area contributed by atoms with Gasteiger partial charge in [0.2, 0.25) is 0 Å². The largest absolute Gasteiger partial charge is 0.416 e. The lowest BCUT2D eigenvalue weighted by atomic mass is 9.84. The molecule has 0 spiro atoms. The van der Waals surface area contributed by atoms with Crippen LogP contribution in [0.2, 0.25) is 0 Å². The van der Waals surface area contributed by atoms with Crippen LogP contribution in [0.5, 0.6) is 0 Å². The molecule has 3 heteroatoms. The Hall–Kier alpha value is -0.990. The summed E-state index contributed by atoms with van der Waals surface area (Å²) in [5.74, 6) is 2.04. The van der Waals surface area contributed by atoms with Crippen LogP contribution < -0.4 is 0 Å². The highest BCUT2D eigenvalue weighted by Gasteiger charge is 2.30. The summed E-state index contributed by atoms with van der Waals surface area (Å²) in [6.45, 7) is 14.6. The zero-order valence-electron chi connectivity index (χ0n) is 16.4. The van der Waals surface area contributed by atoms with Crippen molar-refractivity contribution >= 4 is 0 Å². The maximum Gasteiger partial charge on any atom is 0.416 e. The minimum Gasteiger partial charge on any atom is -0.166 e. The molecule has 0 bridgehead atoms. The molecule has 1 aromatic rings. The van der Waals surface area contributed by atoms with Crippen molar-refractivity contribution in [3.05, 3.63) is 35.4 Å². The number of hydrogen-bond donors (Lipinski definition) is 0. The Balaban J connectivity index is 0.000000447. The second-order valence-electron chi connectivity index (χ2n) is 7.69. The lowest BCUT2D eigenvalue weighted by Crippen LogP contribution is -2.12. The summed E-state index contributed by atoms with van der Waals surface area (Å²) in [5.41, 5.74) is 0.209. The molecule has 1 saturated carbocycles. The van der Waals surface area contributed by atoms with Gasteiger partial charge in [0.25, 0.3) is 0 Å². The third-order valence-electron chi connectivity index (χ3n) is 4.38.